The molecule has 1 aliphatic carbocycles. The number of benzene rings is 3. The lowest BCUT2D eigenvalue weighted by molar-refractivity contribution is 0.183. The van der Waals surface area contributed by atoms with E-state index in [9.17, 15) is 0 Å². The van der Waals surface area contributed by atoms with Crippen molar-refractivity contribution < 1.29 is 0 Å². The summed E-state index contributed by atoms with van der Waals surface area (Å²) in [6.45, 7) is 13.2. The van der Waals surface area contributed by atoms with Gasteiger partial charge in [0.25, 0.3) is 0 Å². The third-order valence-corrected chi connectivity index (χ3v) is 8.73. The lowest BCUT2D eigenvalue weighted by Crippen LogP contribution is -2.31. The summed E-state index contributed by atoms with van der Waals surface area (Å²) < 4.78 is 2.54. The first kappa shape index (κ1) is 29.3. The van der Waals surface area contributed by atoms with E-state index >= 15 is 0 Å². The highest BCUT2D eigenvalue weighted by Gasteiger charge is 2.24. The molecule has 0 spiro atoms. The summed E-state index contributed by atoms with van der Waals surface area (Å²) in [5.74, 6) is 1.87. The number of hydrogen-bond acceptors (Lipinski definition) is 2. The highest BCUT2D eigenvalue weighted by molar-refractivity contribution is 5.68. The average molecular weight is 548 g/mol. The Morgan fingerprint density at radius 2 is 1.41 bits per heavy atom. The average Bonchev–Trinajstić information content (AvgIpc) is 3.35. The van der Waals surface area contributed by atoms with Crippen molar-refractivity contribution in [2.24, 2.45) is 5.92 Å². The van der Waals surface area contributed by atoms with E-state index in [2.05, 4.69) is 122 Å². The standard InChI is InChI=1S/C38H49N3/c1-5-6-26-41-35(36(32-18-12-8-13-19-32)39-37(41)33-20-14-9-15-21-33)29-40(27-30-16-10-7-11-17-30)28-31-22-24-34(25-23-31)38(2,3)4/h8-9,12-15,18-25,30H,5-7,10-11,16-17,26-29H2,1-4H3. The Balaban J connectivity index is 1.55. The van der Waals surface area contributed by atoms with Crippen LogP contribution in [0.4, 0.5) is 0 Å². The van der Waals surface area contributed by atoms with Crippen molar-refractivity contribution in [2.75, 3.05) is 6.54 Å². The molecule has 1 fully saturated rings. The number of nitrogens with zero attached hydrogens (tertiary/aromatic N) is 3. The predicted molar refractivity (Wildman–Crippen MR) is 174 cm³/mol. The normalized spacial score (nSPS) is 14.6. The Morgan fingerprint density at radius 3 is 2.02 bits per heavy atom. The van der Waals surface area contributed by atoms with E-state index in [4.69, 9.17) is 4.98 Å². The Bertz CT molecular complexity index is 1340. The molecule has 3 aromatic carbocycles. The molecule has 0 atom stereocenters. The monoisotopic (exact) mass is 547 g/mol. The molecule has 5 rings (SSSR count). The van der Waals surface area contributed by atoms with Gasteiger partial charge in [-0.25, -0.2) is 4.98 Å². The molecule has 41 heavy (non-hydrogen) atoms. The highest BCUT2D eigenvalue weighted by atomic mass is 15.2. The minimum Gasteiger partial charge on any atom is -0.326 e. The lowest BCUT2D eigenvalue weighted by atomic mass is 9.86. The molecule has 1 saturated carbocycles. The Kier molecular flexibility index (Phi) is 9.77. The highest BCUT2D eigenvalue weighted by Crippen LogP contribution is 2.33. The van der Waals surface area contributed by atoms with Gasteiger partial charge >= 0.3 is 0 Å². The fourth-order valence-corrected chi connectivity index (χ4v) is 6.34. The summed E-state index contributed by atoms with van der Waals surface area (Å²) in [5, 5.41) is 0. The fraction of sp³-hybridized carbons (Fsp3) is 0.447. The summed E-state index contributed by atoms with van der Waals surface area (Å²) in [4.78, 5) is 8.11. The van der Waals surface area contributed by atoms with Crippen LogP contribution in [0.25, 0.3) is 22.6 Å². The van der Waals surface area contributed by atoms with Crippen molar-refractivity contribution in [3.8, 4) is 22.6 Å². The van der Waals surface area contributed by atoms with Gasteiger partial charge in [-0.2, -0.15) is 0 Å². The Labute approximate surface area is 248 Å². The molecular weight excluding hydrogens is 498 g/mol. The van der Waals surface area contributed by atoms with Crippen molar-refractivity contribution >= 4 is 0 Å². The van der Waals surface area contributed by atoms with E-state index in [0.29, 0.717) is 0 Å². The molecule has 1 aromatic heterocycles. The van der Waals surface area contributed by atoms with E-state index in [-0.39, 0.29) is 5.41 Å². The molecule has 0 unspecified atom stereocenters. The number of unbranched alkanes of at least 4 members (excludes halogenated alkanes) is 1. The number of aromatic nitrogens is 2. The second kappa shape index (κ2) is 13.7. The first-order valence-corrected chi connectivity index (χ1v) is 15.9. The van der Waals surface area contributed by atoms with Gasteiger partial charge in [0.2, 0.25) is 0 Å². The van der Waals surface area contributed by atoms with E-state index in [1.54, 1.807) is 0 Å². The predicted octanol–water partition coefficient (Wildman–Crippen LogP) is 9.90. The third-order valence-electron chi connectivity index (χ3n) is 8.73. The zero-order valence-electron chi connectivity index (χ0n) is 25.8. The zero-order valence-corrected chi connectivity index (χ0v) is 25.8. The fourth-order valence-electron chi connectivity index (χ4n) is 6.34. The van der Waals surface area contributed by atoms with Crippen molar-refractivity contribution in [3.05, 3.63) is 102 Å². The molecule has 0 saturated heterocycles. The molecule has 1 aliphatic rings. The Hall–Kier alpha value is -3.17. The van der Waals surface area contributed by atoms with Crippen LogP contribution < -0.4 is 0 Å². The Morgan fingerprint density at radius 1 is 0.780 bits per heavy atom. The van der Waals surface area contributed by atoms with Gasteiger partial charge in [0.15, 0.2) is 0 Å². The van der Waals surface area contributed by atoms with Crippen LogP contribution in [0.1, 0.15) is 89.5 Å². The largest absolute Gasteiger partial charge is 0.326 e. The summed E-state index contributed by atoms with van der Waals surface area (Å²) in [6, 6.07) is 31.0. The minimum atomic E-state index is 0.171. The molecule has 3 nitrogen and oxygen atoms in total. The molecule has 0 radical (unpaired) electrons. The first-order chi connectivity index (χ1) is 19.9. The molecule has 216 valence electrons. The SMILES string of the molecule is CCCCn1c(-c2ccccc2)nc(-c2ccccc2)c1CN(Cc1ccc(C(C)(C)C)cc1)CC1CCCCC1. The zero-order chi connectivity index (χ0) is 28.7. The first-order valence-electron chi connectivity index (χ1n) is 15.9. The van der Waals surface area contributed by atoms with Gasteiger partial charge in [0.05, 0.1) is 11.4 Å². The van der Waals surface area contributed by atoms with E-state index in [0.717, 1.165) is 50.0 Å². The van der Waals surface area contributed by atoms with Crippen LogP contribution in [0.5, 0.6) is 0 Å². The summed E-state index contributed by atoms with van der Waals surface area (Å²) in [7, 11) is 0. The minimum absolute atomic E-state index is 0.171. The molecule has 0 bridgehead atoms. The van der Waals surface area contributed by atoms with Crippen molar-refractivity contribution in [1.82, 2.24) is 14.5 Å². The summed E-state index contributed by atoms with van der Waals surface area (Å²) >= 11 is 0. The quantitative estimate of drug-likeness (QED) is 0.186. The van der Waals surface area contributed by atoms with Gasteiger partial charge < -0.3 is 4.57 Å². The van der Waals surface area contributed by atoms with Crippen molar-refractivity contribution in [3.63, 3.8) is 0 Å². The van der Waals surface area contributed by atoms with Crippen LogP contribution in [0.2, 0.25) is 0 Å². The van der Waals surface area contributed by atoms with Crippen LogP contribution in [0, 0.1) is 5.92 Å². The maximum absolute atomic E-state index is 5.39. The van der Waals surface area contributed by atoms with Gasteiger partial charge in [-0.05, 0) is 41.7 Å². The van der Waals surface area contributed by atoms with Gasteiger partial charge in [0, 0.05) is 37.3 Å². The molecule has 0 amide bonds. The van der Waals surface area contributed by atoms with Gasteiger partial charge in [-0.15, -0.1) is 0 Å². The second-order valence-electron chi connectivity index (χ2n) is 13.1. The van der Waals surface area contributed by atoms with Crippen LogP contribution in [0.15, 0.2) is 84.9 Å². The lowest BCUT2D eigenvalue weighted by Gasteiger charge is -2.31. The van der Waals surface area contributed by atoms with E-state index in [1.165, 1.54) is 66.5 Å². The number of hydrogen-bond donors (Lipinski definition) is 0. The maximum Gasteiger partial charge on any atom is 0.140 e. The molecule has 1 heterocycles. The van der Waals surface area contributed by atoms with Crippen LogP contribution in [0.3, 0.4) is 0 Å². The molecule has 4 aromatic rings. The summed E-state index contributed by atoms with van der Waals surface area (Å²) in [6.07, 6.45) is 9.17. The van der Waals surface area contributed by atoms with Gasteiger partial charge in [-0.1, -0.05) is 138 Å². The third kappa shape index (κ3) is 7.57. The smallest absolute Gasteiger partial charge is 0.140 e. The molecular formula is C38H49N3. The number of imidazole rings is 1. The van der Waals surface area contributed by atoms with Crippen molar-refractivity contribution in [2.45, 2.75) is 97.7 Å². The summed E-state index contributed by atoms with van der Waals surface area (Å²) in [5.41, 5.74) is 7.87. The molecule has 0 aliphatic heterocycles. The second-order valence-corrected chi connectivity index (χ2v) is 13.1. The van der Waals surface area contributed by atoms with Crippen LogP contribution in [-0.2, 0) is 25.0 Å². The van der Waals surface area contributed by atoms with E-state index < -0.39 is 0 Å². The molecule has 3 heteroatoms. The van der Waals surface area contributed by atoms with E-state index in [1.807, 2.05) is 0 Å². The van der Waals surface area contributed by atoms with Gasteiger partial charge in [0.1, 0.15) is 5.82 Å². The van der Waals surface area contributed by atoms with Crippen LogP contribution >= 0.6 is 0 Å². The number of rotatable bonds is 11. The molecule has 0 N–H and O–H groups in total. The topological polar surface area (TPSA) is 21.1 Å². The van der Waals surface area contributed by atoms with Gasteiger partial charge in [-0.3, -0.25) is 4.90 Å². The van der Waals surface area contributed by atoms with Crippen molar-refractivity contribution in [1.29, 1.82) is 0 Å². The maximum atomic E-state index is 5.39. The van der Waals surface area contributed by atoms with Crippen LogP contribution in [-0.4, -0.2) is 21.0 Å².